The second kappa shape index (κ2) is 4.96. The van der Waals surface area contributed by atoms with E-state index < -0.39 is 0 Å². The summed E-state index contributed by atoms with van der Waals surface area (Å²) >= 11 is 0. The van der Waals surface area contributed by atoms with Crippen LogP contribution in [0.1, 0.15) is 27.3 Å². The largest absolute Gasteiger partial charge is 0.320 e. The summed E-state index contributed by atoms with van der Waals surface area (Å²) in [6, 6.07) is 5.80. The topological polar surface area (TPSA) is 54.9 Å². The zero-order valence-electron chi connectivity index (χ0n) is 10.7. The number of aryl methyl sites for hydroxylation is 2. The first-order valence-corrected chi connectivity index (χ1v) is 5.74. The highest BCUT2D eigenvalue weighted by Crippen LogP contribution is 2.18. The Balaban J connectivity index is 2.21. The Bertz CT molecular complexity index is 576. The summed E-state index contributed by atoms with van der Waals surface area (Å²) in [5.74, 6) is -0.240. The molecule has 0 atom stereocenters. The number of rotatable bonds is 2. The summed E-state index contributed by atoms with van der Waals surface area (Å²) in [6.45, 7) is 5.82. The summed E-state index contributed by atoms with van der Waals surface area (Å²) in [4.78, 5) is 20.1. The molecule has 2 rings (SSSR count). The van der Waals surface area contributed by atoms with E-state index in [0.717, 1.165) is 22.5 Å². The molecule has 0 saturated carbocycles. The molecule has 1 aromatic carbocycles. The number of carbonyl (C=O) groups excluding carboxylic acids is 1. The lowest BCUT2D eigenvalue weighted by molar-refractivity contribution is 0.102. The lowest BCUT2D eigenvalue weighted by atomic mass is 10.1. The van der Waals surface area contributed by atoms with E-state index in [1.54, 1.807) is 6.20 Å². The van der Waals surface area contributed by atoms with E-state index in [1.165, 1.54) is 6.20 Å². The molecule has 0 aliphatic rings. The summed E-state index contributed by atoms with van der Waals surface area (Å²) in [6.07, 6.45) is 3.06. The highest BCUT2D eigenvalue weighted by atomic mass is 16.1. The molecule has 1 heterocycles. The predicted molar refractivity (Wildman–Crippen MR) is 70.6 cm³/mol. The standard InChI is InChI=1S/C14H15N3O/c1-9-5-4-6-12(11(9)3)17-14(18)13-8-15-10(2)7-16-13/h4-8H,1-3H3,(H,17,18). The van der Waals surface area contributed by atoms with Gasteiger partial charge in [-0.15, -0.1) is 0 Å². The number of aromatic nitrogens is 2. The van der Waals surface area contributed by atoms with Crippen molar-refractivity contribution >= 4 is 11.6 Å². The lowest BCUT2D eigenvalue weighted by Crippen LogP contribution is -2.15. The van der Waals surface area contributed by atoms with Gasteiger partial charge in [0.05, 0.1) is 11.9 Å². The van der Waals surface area contributed by atoms with Gasteiger partial charge in [0.2, 0.25) is 0 Å². The fraction of sp³-hybridized carbons (Fsp3) is 0.214. The molecule has 0 aliphatic carbocycles. The van der Waals surface area contributed by atoms with Crippen molar-refractivity contribution in [3.05, 3.63) is 53.1 Å². The average Bonchev–Trinajstić information content (AvgIpc) is 2.36. The van der Waals surface area contributed by atoms with Crippen molar-refractivity contribution in [2.45, 2.75) is 20.8 Å². The summed E-state index contributed by atoms with van der Waals surface area (Å²) < 4.78 is 0. The van der Waals surface area contributed by atoms with E-state index >= 15 is 0 Å². The molecule has 1 aromatic heterocycles. The SMILES string of the molecule is Cc1cnc(C(=O)Nc2cccc(C)c2C)cn1. The maximum absolute atomic E-state index is 12.0. The van der Waals surface area contributed by atoms with Crippen LogP contribution in [0.4, 0.5) is 5.69 Å². The molecule has 0 bridgehead atoms. The molecular weight excluding hydrogens is 226 g/mol. The van der Waals surface area contributed by atoms with E-state index in [0.29, 0.717) is 5.69 Å². The van der Waals surface area contributed by atoms with Crippen molar-refractivity contribution in [1.29, 1.82) is 0 Å². The minimum Gasteiger partial charge on any atom is -0.320 e. The van der Waals surface area contributed by atoms with Crippen molar-refractivity contribution in [2.24, 2.45) is 0 Å². The van der Waals surface area contributed by atoms with Gasteiger partial charge in [0.15, 0.2) is 0 Å². The molecule has 2 aromatic rings. The Labute approximate surface area is 106 Å². The monoisotopic (exact) mass is 241 g/mol. The maximum atomic E-state index is 12.0. The maximum Gasteiger partial charge on any atom is 0.275 e. The third kappa shape index (κ3) is 2.53. The summed E-state index contributed by atoms with van der Waals surface area (Å²) in [5, 5.41) is 2.85. The van der Waals surface area contributed by atoms with Gasteiger partial charge < -0.3 is 5.32 Å². The van der Waals surface area contributed by atoms with Crippen LogP contribution in [-0.2, 0) is 0 Å². The zero-order chi connectivity index (χ0) is 13.1. The van der Waals surface area contributed by atoms with Gasteiger partial charge in [0, 0.05) is 11.9 Å². The fourth-order valence-corrected chi connectivity index (χ4v) is 1.58. The Morgan fingerprint density at radius 1 is 1.11 bits per heavy atom. The molecular formula is C14H15N3O. The van der Waals surface area contributed by atoms with Crippen LogP contribution >= 0.6 is 0 Å². The van der Waals surface area contributed by atoms with E-state index in [1.807, 2.05) is 39.0 Å². The first-order valence-electron chi connectivity index (χ1n) is 5.74. The van der Waals surface area contributed by atoms with Crippen LogP contribution in [0.3, 0.4) is 0 Å². The molecule has 4 heteroatoms. The van der Waals surface area contributed by atoms with Crippen LogP contribution in [0, 0.1) is 20.8 Å². The molecule has 0 fully saturated rings. The van der Waals surface area contributed by atoms with Gasteiger partial charge in [-0.25, -0.2) is 4.98 Å². The van der Waals surface area contributed by atoms with Crippen LogP contribution in [0.5, 0.6) is 0 Å². The normalized spacial score (nSPS) is 10.2. The first-order chi connectivity index (χ1) is 8.58. The number of carbonyl (C=O) groups is 1. The van der Waals surface area contributed by atoms with Gasteiger partial charge in [-0.1, -0.05) is 12.1 Å². The van der Waals surface area contributed by atoms with Gasteiger partial charge in [-0.3, -0.25) is 9.78 Å². The second-order valence-electron chi connectivity index (χ2n) is 4.24. The quantitative estimate of drug-likeness (QED) is 0.879. The van der Waals surface area contributed by atoms with Gasteiger partial charge in [-0.05, 0) is 38.0 Å². The highest BCUT2D eigenvalue weighted by Gasteiger charge is 2.09. The van der Waals surface area contributed by atoms with Crippen LogP contribution in [0.25, 0.3) is 0 Å². The van der Waals surface area contributed by atoms with Crippen LogP contribution in [-0.4, -0.2) is 15.9 Å². The molecule has 0 saturated heterocycles. The van der Waals surface area contributed by atoms with Gasteiger partial charge in [0.25, 0.3) is 5.91 Å². The Kier molecular flexibility index (Phi) is 3.37. The fourth-order valence-electron chi connectivity index (χ4n) is 1.58. The molecule has 1 N–H and O–H groups in total. The Morgan fingerprint density at radius 3 is 2.56 bits per heavy atom. The molecule has 0 aliphatic heterocycles. The smallest absolute Gasteiger partial charge is 0.275 e. The number of nitrogens with zero attached hydrogens (tertiary/aromatic N) is 2. The Hall–Kier alpha value is -2.23. The number of anilines is 1. The molecule has 4 nitrogen and oxygen atoms in total. The third-order valence-electron chi connectivity index (χ3n) is 2.87. The molecule has 0 spiro atoms. The molecule has 92 valence electrons. The minimum absolute atomic E-state index is 0.240. The number of benzene rings is 1. The van der Waals surface area contributed by atoms with Crippen molar-refractivity contribution in [2.75, 3.05) is 5.32 Å². The number of nitrogens with one attached hydrogen (secondary N) is 1. The molecule has 0 unspecified atom stereocenters. The molecule has 1 amide bonds. The molecule has 0 radical (unpaired) electrons. The van der Waals surface area contributed by atoms with E-state index in [4.69, 9.17) is 0 Å². The second-order valence-corrected chi connectivity index (χ2v) is 4.24. The Morgan fingerprint density at radius 2 is 1.89 bits per heavy atom. The van der Waals surface area contributed by atoms with E-state index in [-0.39, 0.29) is 5.91 Å². The minimum atomic E-state index is -0.240. The van der Waals surface area contributed by atoms with E-state index in [2.05, 4.69) is 15.3 Å². The summed E-state index contributed by atoms with van der Waals surface area (Å²) in [5.41, 5.74) is 4.12. The van der Waals surface area contributed by atoms with Crippen molar-refractivity contribution in [1.82, 2.24) is 9.97 Å². The first kappa shape index (κ1) is 12.2. The van der Waals surface area contributed by atoms with Crippen molar-refractivity contribution in [3.63, 3.8) is 0 Å². The number of hydrogen-bond acceptors (Lipinski definition) is 3. The van der Waals surface area contributed by atoms with Gasteiger partial charge in [0.1, 0.15) is 5.69 Å². The van der Waals surface area contributed by atoms with Crippen molar-refractivity contribution < 1.29 is 4.79 Å². The third-order valence-corrected chi connectivity index (χ3v) is 2.87. The summed E-state index contributed by atoms with van der Waals surface area (Å²) in [7, 11) is 0. The van der Waals surface area contributed by atoms with Crippen LogP contribution in [0.15, 0.2) is 30.6 Å². The average molecular weight is 241 g/mol. The number of amides is 1. The highest BCUT2D eigenvalue weighted by molar-refractivity contribution is 6.03. The van der Waals surface area contributed by atoms with Gasteiger partial charge in [-0.2, -0.15) is 0 Å². The van der Waals surface area contributed by atoms with Gasteiger partial charge >= 0.3 is 0 Å². The van der Waals surface area contributed by atoms with E-state index in [9.17, 15) is 4.79 Å². The predicted octanol–water partition coefficient (Wildman–Crippen LogP) is 2.65. The zero-order valence-corrected chi connectivity index (χ0v) is 10.7. The lowest BCUT2D eigenvalue weighted by Gasteiger charge is -2.09. The van der Waals surface area contributed by atoms with Crippen molar-refractivity contribution in [3.8, 4) is 0 Å². The van der Waals surface area contributed by atoms with Crippen LogP contribution in [0.2, 0.25) is 0 Å². The number of hydrogen-bond donors (Lipinski definition) is 1. The molecule has 18 heavy (non-hydrogen) atoms. The van der Waals surface area contributed by atoms with Crippen LogP contribution < -0.4 is 5.32 Å².